The van der Waals surface area contributed by atoms with Crippen LogP contribution in [0.1, 0.15) is 5.56 Å². The molecule has 2 rings (SSSR count). The fourth-order valence-corrected chi connectivity index (χ4v) is 3.24. The molecular weight excluding hydrogens is 409 g/mol. The Morgan fingerprint density at radius 2 is 2.20 bits per heavy atom. The van der Waals surface area contributed by atoms with E-state index in [4.69, 9.17) is 0 Å². The monoisotopic (exact) mass is 416 g/mol. The third-order valence-electron chi connectivity index (χ3n) is 2.05. The fraction of sp³-hybridized carbons (Fsp3) is 0.143. The van der Waals surface area contributed by atoms with Gasteiger partial charge in [-0.25, -0.2) is 9.50 Å². The van der Waals surface area contributed by atoms with Crippen molar-refractivity contribution in [1.29, 1.82) is 0 Å². The van der Waals surface area contributed by atoms with Crippen LogP contribution in [0.25, 0.3) is 5.52 Å². The van der Waals surface area contributed by atoms with Gasteiger partial charge >= 0.3 is 0 Å². The van der Waals surface area contributed by atoms with E-state index in [9.17, 15) is 0 Å². The summed E-state index contributed by atoms with van der Waals surface area (Å²) in [6.45, 7) is 2.06. The maximum atomic E-state index is 4.25. The van der Waals surface area contributed by atoms with Crippen molar-refractivity contribution in [2.45, 2.75) is 6.92 Å². The molecule has 8 heteroatoms. The standard InChI is InChI=1S/C7H8BrIN4P2/c1-3-4(9)5-7(13(14)15)10-2-11-12(5)6(3)8/h2H,14-15H2,1H3. The first-order valence-corrected chi connectivity index (χ1v) is 6.91. The minimum Gasteiger partial charge on any atom is -0.324 e. The van der Waals surface area contributed by atoms with Gasteiger partial charge in [0.05, 0.1) is 0 Å². The molecule has 0 saturated heterocycles. The second-order valence-corrected chi connectivity index (χ2v) is 6.52. The summed E-state index contributed by atoms with van der Waals surface area (Å²) in [7, 11) is 5.13. The SMILES string of the molecule is Cc1c(I)c2c(N(P)P)ncnn2c1Br. The average Bonchev–Trinajstić information content (AvgIpc) is 2.44. The lowest BCUT2D eigenvalue weighted by Gasteiger charge is -2.11. The predicted octanol–water partition coefficient (Wildman–Crippen LogP) is 2.79. The van der Waals surface area contributed by atoms with Crippen LogP contribution in [0.3, 0.4) is 0 Å². The molecule has 0 aliphatic rings. The fourth-order valence-electron chi connectivity index (χ4n) is 1.30. The van der Waals surface area contributed by atoms with Gasteiger partial charge in [0, 0.05) is 3.57 Å². The molecule has 2 unspecified atom stereocenters. The van der Waals surface area contributed by atoms with Crippen molar-refractivity contribution in [2.24, 2.45) is 0 Å². The van der Waals surface area contributed by atoms with Crippen LogP contribution in [0, 0.1) is 10.5 Å². The summed E-state index contributed by atoms with van der Waals surface area (Å²) < 4.78 is 5.80. The van der Waals surface area contributed by atoms with Gasteiger partial charge in [-0.15, -0.1) is 0 Å². The molecule has 0 amide bonds. The highest BCUT2D eigenvalue weighted by molar-refractivity contribution is 14.1. The molecule has 0 aliphatic carbocycles. The van der Waals surface area contributed by atoms with E-state index in [1.54, 1.807) is 6.33 Å². The van der Waals surface area contributed by atoms with Crippen LogP contribution in [-0.4, -0.2) is 14.6 Å². The van der Waals surface area contributed by atoms with Gasteiger partial charge in [-0.2, -0.15) is 5.10 Å². The van der Waals surface area contributed by atoms with E-state index < -0.39 is 0 Å². The Labute approximate surface area is 114 Å². The van der Waals surface area contributed by atoms with Crippen LogP contribution in [0.5, 0.6) is 0 Å². The lowest BCUT2D eigenvalue weighted by atomic mass is 10.4. The number of halogens is 2. The van der Waals surface area contributed by atoms with Crippen molar-refractivity contribution in [3.05, 3.63) is 20.1 Å². The summed E-state index contributed by atoms with van der Waals surface area (Å²) in [5.41, 5.74) is 2.18. The number of aromatic nitrogens is 3. The summed E-state index contributed by atoms with van der Waals surface area (Å²) in [4.78, 5) is 4.25. The maximum Gasteiger partial charge on any atom is 0.163 e. The van der Waals surface area contributed by atoms with Gasteiger partial charge < -0.3 is 4.44 Å². The number of anilines is 1. The Morgan fingerprint density at radius 1 is 1.53 bits per heavy atom. The molecule has 80 valence electrons. The number of fused-ring (bicyclic) bond motifs is 1. The van der Waals surface area contributed by atoms with Gasteiger partial charge in [0.1, 0.15) is 16.4 Å². The Hall–Kier alpha value is 0.490. The van der Waals surface area contributed by atoms with Gasteiger partial charge in [0.15, 0.2) is 5.82 Å². The molecule has 0 radical (unpaired) electrons. The minimum absolute atomic E-state index is 0.859. The largest absolute Gasteiger partial charge is 0.324 e. The zero-order valence-electron chi connectivity index (χ0n) is 7.78. The molecule has 2 aromatic heterocycles. The van der Waals surface area contributed by atoms with Crippen molar-refractivity contribution >= 4 is 68.6 Å². The van der Waals surface area contributed by atoms with E-state index in [2.05, 4.69) is 74.3 Å². The Bertz CT molecular complexity index is 527. The number of hydrogen-bond donors (Lipinski definition) is 0. The smallest absolute Gasteiger partial charge is 0.163 e. The highest BCUT2D eigenvalue weighted by Crippen LogP contribution is 2.34. The van der Waals surface area contributed by atoms with Gasteiger partial charge in [0.25, 0.3) is 0 Å². The summed E-state index contributed by atoms with van der Waals surface area (Å²) in [5, 5.41) is 4.21. The van der Waals surface area contributed by atoms with Crippen molar-refractivity contribution in [3.8, 4) is 0 Å². The zero-order valence-corrected chi connectivity index (χ0v) is 13.8. The van der Waals surface area contributed by atoms with Crippen LogP contribution in [0.15, 0.2) is 10.9 Å². The quantitative estimate of drug-likeness (QED) is 0.529. The lowest BCUT2D eigenvalue weighted by molar-refractivity contribution is 0.883. The van der Waals surface area contributed by atoms with E-state index in [1.807, 2.05) is 8.96 Å². The molecule has 0 N–H and O–H groups in total. The maximum absolute atomic E-state index is 4.25. The topological polar surface area (TPSA) is 33.4 Å². The average molecular weight is 417 g/mol. The number of rotatable bonds is 1. The molecule has 0 spiro atoms. The molecule has 2 atom stereocenters. The van der Waals surface area contributed by atoms with Crippen molar-refractivity contribution in [1.82, 2.24) is 14.6 Å². The normalized spacial score (nSPS) is 11.0. The van der Waals surface area contributed by atoms with Gasteiger partial charge in [-0.05, 0) is 69.8 Å². The zero-order chi connectivity index (χ0) is 11.2. The molecule has 0 saturated carbocycles. The first-order chi connectivity index (χ1) is 7.04. The van der Waals surface area contributed by atoms with Crippen LogP contribution in [0.4, 0.5) is 5.82 Å². The van der Waals surface area contributed by atoms with Crippen LogP contribution in [-0.2, 0) is 0 Å². The molecule has 2 heterocycles. The van der Waals surface area contributed by atoms with E-state index in [-0.39, 0.29) is 0 Å². The minimum atomic E-state index is 0.859. The van der Waals surface area contributed by atoms with Crippen molar-refractivity contribution < 1.29 is 0 Å². The predicted molar refractivity (Wildman–Crippen MR) is 80.0 cm³/mol. The highest BCUT2D eigenvalue weighted by Gasteiger charge is 2.17. The molecule has 2 aromatic rings. The number of hydrogen-bond acceptors (Lipinski definition) is 3. The van der Waals surface area contributed by atoms with E-state index in [0.717, 1.165) is 19.5 Å². The molecule has 0 fully saturated rings. The van der Waals surface area contributed by atoms with Crippen molar-refractivity contribution in [3.63, 3.8) is 0 Å². The molecule has 0 bridgehead atoms. The van der Waals surface area contributed by atoms with E-state index in [0.29, 0.717) is 0 Å². The van der Waals surface area contributed by atoms with Crippen LogP contribution in [0.2, 0.25) is 0 Å². The summed E-state index contributed by atoms with van der Waals surface area (Å²) in [6, 6.07) is 0. The van der Waals surface area contributed by atoms with Crippen LogP contribution < -0.4 is 4.44 Å². The first kappa shape index (κ1) is 12.0. The molecular formula is C7H8BrIN4P2. The van der Waals surface area contributed by atoms with E-state index >= 15 is 0 Å². The first-order valence-electron chi connectivity index (χ1n) is 4.01. The lowest BCUT2D eigenvalue weighted by Crippen LogP contribution is -2.01. The number of nitrogens with zero attached hydrogens (tertiary/aromatic N) is 4. The second kappa shape index (κ2) is 4.40. The third kappa shape index (κ3) is 1.90. The second-order valence-electron chi connectivity index (χ2n) is 2.98. The van der Waals surface area contributed by atoms with Crippen molar-refractivity contribution in [2.75, 3.05) is 4.44 Å². The summed E-state index contributed by atoms with van der Waals surface area (Å²) in [6.07, 6.45) is 1.55. The van der Waals surface area contributed by atoms with Gasteiger partial charge in [0.2, 0.25) is 0 Å². The molecule has 0 aromatic carbocycles. The Kier molecular flexibility index (Phi) is 3.51. The molecule has 4 nitrogen and oxygen atoms in total. The Balaban J connectivity index is 2.92. The van der Waals surface area contributed by atoms with Gasteiger partial charge in [-0.1, -0.05) is 0 Å². The Morgan fingerprint density at radius 3 is 2.80 bits per heavy atom. The summed E-state index contributed by atoms with van der Waals surface area (Å²) >= 11 is 5.83. The highest BCUT2D eigenvalue weighted by atomic mass is 127. The van der Waals surface area contributed by atoms with Crippen LogP contribution >= 0.6 is 57.3 Å². The molecule has 0 aliphatic heterocycles. The summed E-state index contributed by atoms with van der Waals surface area (Å²) in [5.74, 6) is 0.859. The third-order valence-corrected chi connectivity index (χ3v) is 4.79. The van der Waals surface area contributed by atoms with E-state index in [1.165, 1.54) is 5.56 Å². The van der Waals surface area contributed by atoms with Gasteiger partial charge in [-0.3, -0.25) is 0 Å². The molecule has 15 heavy (non-hydrogen) atoms.